The van der Waals surface area contributed by atoms with Crippen molar-refractivity contribution >= 4 is 32.4 Å². The highest BCUT2D eigenvalue weighted by atomic mass is 32.2. The number of aromatic nitrogens is 1. The molecule has 4 rings (SSSR count). The van der Waals surface area contributed by atoms with Crippen molar-refractivity contribution in [3.63, 3.8) is 0 Å². The molecule has 0 fully saturated rings. The van der Waals surface area contributed by atoms with E-state index in [-0.39, 0.29) is 28.4 Å². The maximum atomic E-state index is 12.8. The standard InChI is InChI=1S/C24H21N3O3S2/c28-22(26-23(18-10-4-1-5-11-18)19-12-6-2-7-13-19)16-20-17-31-24(25-20)27-32(29,30)21-14-8-3-9-15-21/h1-15,17,23H,16H2,(H,25,27)(H,26,28). The number of sulfonamides is 1. The quantitative estimate of drug-likeness (QED) is 0.406. The molecular formula is C24H21N3O3S2. The molecule has 0 saturated heterocycles. The Labute approximate surface area is 191 Å². The van der Waals surface area contributed by atoms with Crippen molar-refractivity contribution in [1.82, 2.24) is 10.3 Å². The molecule has 4 aromatic rings. The van der Waals surface area contributed by atoms with E-state index in [4.69, 9.17) is 0 Å². The normalized spacial score (nSPS) is 11.3. The van der Waals surface area contributed by atoms with E-state index in [2.05, 4.69) is 15.0 Å². The van der Waals surface area contributed by atoms with Crippen LogP contribution in [0.2, 0.25) is 0 Å². The van der Waals surface area contributed by atoms with Gasteiger partial charge in [-0.15, -0.1) is 11.3 Å². The van der Waals surface area contributed by atoms with Crippen LogP contribution in [0, 0.1) is 0 Å². The second-order valence-electron chi connectivity index (χ2n) is 7.06. The van der Waals surface area contributed by atoms with Gasteiger partial charge in [0.1, 0.15) is 0 Å². The summed E-state index contributed by atoms with van der Waals surface area (Å²) in [5.41, 5.74) is 2.45. The van der Waals surface area contributed by atoms with Crippen LogP contribution in [-0.4, -0.2) is 19.3 Å². The van der Waals surface area contributed by atoms with E-state index in [0.29, 0.717) is 5.69 Å². The summed E-state index contributed by atoms with van der Waals surface area (Å²) in [5.74, 6) is -0.203. The lowest BCUT2D eigenvalue weighted by molar-refractivity contribution is -0.121. The zero-order chi connectivity index (χ0) is 22.4. The average molecular weight is 464 g/mol. The van der Waals surface area contributed by atoms with E-state index in [0.717, 1.165) is 22.5 Å². The monoisotopic (exact) mass is 463 g/mol. The van der Waals surface area contributed by atoms with Crippen molar-refractivity contribution in [3.05, 3.63) is 113 Å². The molecule has 0 spiro atoms. The predicted molar refractivity (Wildman–Crippen MR) is 126 cm³/mol. The van der Waals surface area contributed by atoms with Crippen LogP contribution < -0.4 is 10.0 Å². The number of rotatable bonds is 8. The molecule has 0 radical (unpaired) electrons. The van der Waals surface area contributed by atoms with Crippen LogP contribution in [-0.2, 0) is 21.2 Å². The van der Waals surface area contributed by atoms with Crippen molar-refractivity contribution in [2.75, 3.05) is 4.72 Å². The van der Waals surface area contributed by atoms with Crippen molar-refractivity contribution in [3.8, 4) is 0 Å². The number of amides is 1. The molecule has 0 aliphatic rings. The van der Waals surface area contributed by atoms with E-state index in [1.54, 1.807) is 23.6 Å². The van der Waals surface area contributed by atoms with Gasteiger partial charge in [0.2, 0.25) is 5.91 Å². The molecule has 32 heavy (non-hydrogen) atoms. The van der Waals surface area contributed by atoms with Gasteiger partial charge in [0.05, 0.1) is 23.1 Å². The number of hydrogen-bond acceptors (Lipinski definition) is 5. The summed E-state index contributed by atoms with van der Waals surface area (Å²) >= 11 is 1.14. The van der Waals surface area contributed by atoms with Gasteiger partial charge in [-0.1, -0.05) is 78.9 Å². The Balaban J connectivity index is 1.45. The Hall–Kier alpha value is -3.49. The number of nitrogens with zero attached hydrogens (tertiary/aromatic N) is 1. The fourth-order valence-corrected chi connectivity index (χ4v) is 5.22. The predicted octanol–water partition coefficient (Wildman–Crippen LogP) is 4.39. The van der Waals surface area contributed by atoms with Gasteiger partial charge in [0, 0.05) is 5.38 Å². The maximum Gasteiger partial charge on any atom is 0.263 e. The lowest BCUT2D eigenvalue weighted by Crippen LogP contribution is -2.30. The van der Waals surface area contributed by atoms with E-state index in [1.165, 1.54) is 12.1 Å². The molecule has 0 bridgehead atoms. The number of hydrogen-bond donors (Lipinski definition) is 2. The molecule has 0 aliphatic carbocycles. The molecule has 3 aromatic carbocycles. The molecule has 0 aliphatic heterocycles. The largest absolute Gasteiger partial charge is 0.345 e. The Morgan fingerprint density at radius 3 is 1.94 bits per heavy atom. The van der Waals surface area contributed by atoms with Crippen LogP contribution in [0.15, 0.2) is 101 Å². The lowest BCUT2D eigenvalue weighted by atomic mass is 9.98. The van der Waals surface area contributed by atoms with Gasteiger partial charge >= 0.3 is 0 Å². The number of anilines is 1. The summed E-state index contributed by atoms with van der Waals surface area (Å²) in [6.07, 6.45) is 0.0414. The van der Waals surface area contributed by atoms with Gasteiger partial charge in [0.15, 0.2) is 5.13 Å². The van der Waals surface area contributed by atoms with Crippen molar-refractivity contribution in [1.29, 1.82) is 0 Å². The minimum absolute atomic E-state index is 0.0414. The maximum absolute atomic E-state index is 12.8. The SMILES string of the molecule is O=C(Cc1csc(NS(=O)(=O)c2ccccc2)n1)NC(c1ccccc1)c1ccccc1. The second kappa shape index (κ2) is 9.76. The average Bonchev–Trinajstić information content (AvgIpc) is 3.25. The third-order valence-corrected chi connectivity index (χ3v) is 7.03. The number of thiazole rings is 1. The smallest absolute Gasteiger partial charge is 0.263 e. The molecule has 0 atom stereocenters. The molecule has 0 unspecified atom stereocenters. The number of benzene rings is 3. The highest BCUT2D eigenvalue weighted by Crippen LogP contribution is 2.23. The molecule has 0 saturated carbocycles. The van der Waals surface area contributed by atoms with Gasteiger partial charge < -0.3 is 5.32 Å². The number of carbonyl (C=O) groups is 1. The molecule has 1 aromatic heterocycles. The van der Waals surface area contributed by atoms with Crippen LogP contribution >= 0.6 is 11.3 Å². The van der Waals surface area contributed by atoms with Crippen molar-refractivity contribution < 1.29 is 13.2 Å². The van der Waals surface area contributed by atoms with Crippen LogP contribution in [0.5, 0.6) is 0 Å². The Morgan fingerprint density at radius 1 is 0.844 bits per heavy atom. The first-order valence-corrected chi connectivity index (χ1v) is 12.3. The Morgan fingerprint density at radius 2 is 1.38 bits per heavy atom. The molecule has 1 heterocycles. The fraction of sp³-hybridized carbons (Fsp3) is 0.0833. The first-order chi connectivity index (χ1) is 15.5. The first-order valence-electron chi connectivity index (χ1n) is 9.93. The van der Waals surface area contributed by atoms with E-state index >= 15 is 0 Å². The molecule has 1 amide bonds. The summed E-state index contributed by atoms with van der Waals surface area (Å²) < 4.78 is 27.4. The third kappa shape index (κ3) is 5.40. The van der Waals surface area contributed by atoms with Crippen molar-refractivity contribution in [2.45, 2.75) is 17.4 Å². The minimum Gasteiger partial charge on any atom is -0.345 e. The molecule has 2 N–H and O–H groups in total. The van der Waals surface area contributed by atoms with Crippen LogP contribution in [0.1, 0.15) is 22.9 Å². The van der Waals surface area contributed by atoms with Crippen LogP contribution in [0.3, 0.4) is 0 Å². The number of carbonyl (C=O) groups excluding carboxylic acids is 1. The summed E-state index contributed by atoms with van der Waals surface area (Å²) in [6, 6.07) is 27.3. The fourth-order valence-electron chi connectivity index (χ4n) is 3.24. The second-order valence-corrected chi connectivity index (χ2v) is 9.60. The summed E-state index contributed by atoms with van der Waals surface area (Å²) in [5, 5.41) is 4.97. The zero-order valence-electron chi connectivity index (χ0n) is 17.0. The molecule has 162 valence electrons. The van der Waals surface area contributed by atoms with Gasteiger partial charge in [-0.25, -0.2) is 13.4 Å². The highest BCUT2D eigenvalue weighted by molar-refractivity contribution is 7.93. The Kier molecular flexibility index (Phi) is 6.63. The van der Waals surface area contributed by atoms with Gasteiger partial charge in [0.25, 0.3) is 10.0 Å². The Bertz CT molecular complexity index is 1240. The van der Waals surface area contributed by atoms with E-state index < -0.39 is 10.0 Å². The van der Waals surface area contributed by atoms with E-state index in [9.17, 15) is 13.2 Å². The zero-order valence-corrected chi connectivity index (χ0v) is 18.6. The van der Waals surface area contributed by atoms with Crippen LogP contribution in [0.4, 0.5) is 5.13 Å². The van der Waals surface area contributed by atoms with E-state index in [1.807, 2.05) is 60.7 Å². The first kappa shape index (κ1) is 21.7. The van der Waals surface area contributed by atoms with Gasteiger partial charge in [-0.3, -0.25) is 9.52 Å². The van der Waals surface area contributed by atoms with Gasteiger partial charge in [-0.05, 0) is 23.3 Å². The van der Waals surface area contributed by atoms with Crippen molar-refractivity contribution in [2.24, 2.45) is 0 Å². The minimum atomic E-state index is -3.72. The highest BCUT2D eigenvalue weighted by Gasteiger charge is 2.19. The van der Waals surface area contributed by atoms with Crippen LogP contribution in [0.25, 0.3) is 0 Å². The summed E-state index contributed by atoms with van der Waals surface area (Å²) in [7, 11) is -3.72. The summed E-state index contributed by atoms with van der Waals surface area (Å²) in [4.78, 5) is 17.2. The molecule has 6 nitrogen and oxygen atoms in total. The molecule has 8 heteroatoms. The summed E-state index contributed by atoms with van der Waals surface area (Å²) in [6.45, 7) is 0. The lowest BCUT2D eigenvalue weighted by Gasteiger charge is -2.19. The number of nitrogens with one attached hydrogen (secondary N) is 2. The van der Waals surface area contributed by atoms with Gasteiger partial charge in [-0.2, -0.15) is 0 Å². The third-order valence-electron chi connectivity index (χ3n) is 4.74. The molecular weight excluding hydrogens is 442 g/mol. The topological polar surface area (TPSA) is 88.2 Å².